The van der Waals surface area contributed by atoms with Gasteiger partial charge in [-0.15, -0.1) is 0 Å². The van der Waals surface area contributed by atoms with Crippen LogP contribution in [-0.2, 0) is 9.47 Å². The number of likely N-dealkylation sites (tertiary alicyclic amines) is 1. The molecule has 3 rings (SSSR count). The smallest absolute Gasteiger partial charge is 0.191 e. The fourth-order valence-electron chi connectivity index (χ4n) is 4.81. The van der Waals surface area contributed by atoms with Gasteiger partial charge >= 0.3 is 0 Å². The Bertz CT molecular complexity index is 487. The third kappa shape index (κ3) is 6.05. The molecule has 1 atom stereocenters. The molecular formula is C21H41N5O2. The van der Waals surface area contributed by atoms with Crippen molar-refractivity contribution < 1.29 is 9.47 Å². The zero-order valence-corrected chi connectivity index (χ0v) is 18.2. The molecular weight excluding hydrogens is 354 g/mol. The van der Waals surface area contributed by atoms with Gasteiger partial charge in [0.1, 0.15) is 0 Å². The zero-order chi connectivity index (χ0) is 19.8. The van der Waals surface area contributed by atoms with Crippen LogP contribution in [0.1, 0.15) is 39.5 Å². The number of nitrogens with zero attached hydrogens (tertiary/aromatic N) is 3. The van der Waals surface area contributed by atoms with Crippen LogP contribution in [-0.4, -0.2) is 100 Å². The maximum atomic E-state index is 5.97. The summed E-state index contributed by atoms with van der Waals surface area (Å²) >= 11 is 0. The van der Waals surface area contributed by atoms with Crippen molar-refractivity contribution in [3.8, 4) is 0 Å². The quantitative estimate of drug-likeness (QED) is 0.498. The minimum absolute atomic E-state index is 0.210. The van der Waals surface area contributed by atoms with Crippen molar-refractivity contribution in [2.75, 3.05) is 72.7 Å². The normalized spacial score (nSPS) is 27.3. The molecule has 7 nitrogen and oxygen atoms in total. The van der Waals surface area contributed by atoms with Crippen molar-refractivity contribution in [2.24, 2.45) is 10.9 Å². The van der Waals surface area contributed by atoms with E-state index in [-0.39, 0.29) is 11.6 Å². The lowest BCUT2D eigenvalue weighted by Crippen LogP contribution is -2.59. The van der Waals surface area contributed by atoms with Crippen molar-refractivity contribution in [3.05, 3.63) is 0 Å². The minimum atomic E-state index is 0.210. The van der Waals surface area contributed by atoms with Crippen LogP contribution in [0.5, 0.6) is 0 Å². The Hall–Kier alpha value is -0.890. The molecule has 2 N–H and O–H groups in total. The third-order valence-corrected chi connectivity index (χ3v) is 6.35. The largest absolute Gasteiger partial charge is 0.381 e. The van der Waals surface area contributed by atoms with Gasteiger partial charge in [0.25, 0.3) is 0 Å². The van der Waals surface area contributed by atoms with Crippen molar-refractivity contribution >= 4 is 5.96 Å². The van der Waals surface area contributed by atoms with E-state index in [1.54, 1.807) is 0 Å². The summed E-state index contributed by atoms with van der Waals surface area (Å²) in [5, 5.41) is 7.11. The number of ether oxygens (including phenoxy) is 2. The van der Waals surface area contributed by atoms with Crippen LogP contribution in [0.15, 0.2) is 4.99 Å². The average Bonchev–Trinajstić information content (AvgIpc) is 3.24. The molecule has 0 bridgehead atoms. The van der Waals surface area contributed by atoms with Gasteiger partial charge in [-0.1, -0.05) is 13.8 Å². The van der Waals surface area contributed by atoms with E-state index < -0.39 is 0 Å². The maximum absolute atomic E-state index is 5.97. The first-order chi connectivity index (χ1) is 13.6. The highest BCUT2D eigenvalue weighted by molar-refractivity contribution is 5.79. The molecule has 3 aliphatic rings. The summed E-state index contributed by atoms with van der Waals surface area (Å²) < 4.78 is 11.6. The molecule has 0 radical (unpaired) electrons. The standard InChI is InChI=1S/C21H41N5O2/c1-18(2)15-25-10-13-28-19(16-25)14-23-20(22-3)24-17-21(6-11-27-12-7-21)26-8-4-5-9-26/h18-19H,4-17H2,1-3H3,(H2,22,23,24). The molecule has 0 saturated carbocycles. The Kier molecular flexibility index (Phi) is 8.38. The molecule has 3 fully saturated rings. The van der Waals surface area contributed by atoms with E-state index in [2.05, 4.69) is 39.3 Å². The van der Waals surface area contributed by atoms with Gasteiger partial charge in [-0.25, -0.2) is 0 Å². The molecule has 3 heterocycles. The lowest BCUT2D eigenvalue weighted by atomic mass is 9.88. The number of aliphatic imine (C=N–C) groups is 1. The second kappa shape index (κ2) is 10.8. The topological polar surface area (TPSA) is 61.4 Å². The fraction of sp³-hybridized carbons (Fsp3) is 0.952. The fourth-order valence-corrected chi connectivity index (χ4v) is 4.81. The predicted octanol–water partition coefficient (Wildman–Crippen LogP) is 1.15. The summed E-state index contributed by atoms with van der Waals surface area (Å²) in [5.41, 5.74) is 0.210. The summed E-state index contributed by atoms with van der Waals surface area (Å²) in [6.07, 6.45) is 5.07. The van der Waals surface area contributed by atoms with Gasteiger partial charge in [-0.3, -0.25) is 14.8 Å². The van der Waals surface area contributed by atoms with Gasteiger partial charge in [-0.2, -0.15) is 0 Å². The van der Waals surface area contributed by atoms with E-state index in [1.807, 2.05) is 7.05 Å². The van der Waals surface area contributed by atoms with Crippen LogP contribution in [0.3, 0.4) is 0 Å². The van der Waals surface area contributed by atoms with E-state index in [1.165, 1.54) is 25.9 Å². The number of morpholine rings is 1. The molecule has 0 aromatic heterocycles. The molecule has 0 amide bonds. The van der Waals surface area contributed by atoms with Gasteiger partial charge in [0.15, 0.2) is 5.96 Å². The van der Waals surface area contributed by atoms with Crippen LogP contribution >= 0.6 is 0 Å². The summed E-state index contributed by atoms with van der Waals surface area (Å²) in [4.78, 5) is 9.66. The maximum Gasteiger partial charge on any atom is 0.191 e. The van der Waals surface area contributed by atoms with Crippen LogP contribution in [0.2, 0.25) is 0 Å². The number of hydrogen-bond acceptors (Lipinski definition) is 5. The number of rotatable bonds is 7. The van der Waals surface area contributed by atoms with Crippen LogP contribution < -0.4 is 10.6 Å². The molecule has 162 valence electrons. The molecule has 0 aliphatic carbocycles. The van der Waals surface area contributed by atoms with Gasteiger partial charge < -0.3 is 20.1 Å². The second-order valence-corrected chi connectivity index (χ2v) is 8.98. The molecule has 3 saturated heterocycles. The molecule has 1 unspecified atom stereocenters. The molecule has 3 aliphatic heterocycles. The third-order valence-electron chi connectivity index (χ3n) is 6.35. The van der Waals surface area contributed by atoms with E-state index in [0.717, 1.165) is 71.3 Å². The average molecular weight is 396 g/mol. The first-order valence-electron chi connectivity index (χ1n) is 11.2. The number of guanidine groups is 1. The first-order valence-corrected chi connectivity index (χ1v) is 11.2. The zero-order valence-electron chi connectivity index (χ0n) is 18.2. The van der Waals surface area contributed by atoms with Crippen molar-refractivity contribution in [1.82, 2.24) is 20.4 Å². The van der Waals surface area contributed by atoms with Crippen molar-refractivity contribution in [3.63, 3.8) is 0 Å². The summed E-state index contributed by atoms with van der Waals surface area (Å²) in [7, 11) is 1.86. The lowest BCUT2D eigenvalue weighted by molar-refractivity contribution is -0.0286. The van der Waals surface area contributed by atoms with Crippen LogP contribution in [0.4, 0.5) is 0 Å². The van der Waals surface area contributed by atoms with Crippen molar-refractivity contribution in [1.29, 1.82) is 0 Å². The van der Waals surface area contributed by atoms with E-state index in [4.69, 9.17) is 9.47 Å². The Morgan fingerprint density at radius 3 is 2.54 bits per heavy atom. The van der Waals surface area contributed by atoms with E-state index >= 15 is 0 Å². The minimum Gasteiger partial charge on any atom is -0.381 e. The molecule has 28 heavy (non-hydrogen) atoms. The monoisotopic (exact) mass is 395 g/mol. The molecule has 0 spiro atoms. The Labute approximate surface area is 171 Å². The Morgan fingerprint density at radius 1 is 1.11 bits per heavy atom. The molecule has 7 heteroatoms. The SMILES string of the molecule is CN=C(NCC1CN(CC(C)C)CCO1)NCC1(N2CCCC2)CCOCC1. The summed E-state index contributed by atoms with van der Waals surface area (Å²) in [5.74, 6) is 1.58. The van der Waals surface area contributed by atoms with Gasteiger partial charge in [0, 0.05) is 58.5 Å². The Morgan fingerprint density at radius 2 is 1.86 bits per heavy atom. The van der Waals surface area contributed by atoms with Gasteiger partial charge in [0.05, 0.1) is 12.7 Å². The summed E-state index contributed by atoms with van der Waals surface area (Å²) in [6.45, 7) is 14.5. The summed E-state index contributed by atoms with van der Waals surface area (Å²) in [6, 6.07) is 0. The highest BCUT2D eigenvalue weighted by Gasteiger charge is 2.39. The highest BCUT2D eigenvalue weighted by Crippen LogP contribution is 2.30. The first kappa shape index (κ1) is 21.8. The predicted molar refractivity (Wildman–Crippen MR) is 114 cm³/mol. The van der Waals surface area contributed by atoms with E-state index in [0.29, 0.717) is 5.92 Å². The van der Waals surface area contributed by atoms with Crippen molar-refractivity contribution in [2.45, 2.75) is 51.2 Å². The van der Waals surface area contributed by atoms with Crippen LogP contribution in [0, 0.1) is 5.92 Å². The second-order valence-electron chi connectivity index (χ2n) is 8.98. The molecule has 0 aromatic carbocycles. The lowest BCUT2D eigenvalue weighted by Gasteiger charge is -2.45. The Balaban J connectivity index is 1.47. The van der Waals surface area contributed by atoms with Gasteiger partial charge in [0.2, 0.25) is 0 Å². The van der Waals surface area contributed by atoms with Gasteiger partial charge in [-0.05, 0) is 44.7 Å². The van der Waals surface area contributed by atoms with E-state index in [9.17, 15) is 0 Å². The highest BCUT2D eigenvalue weighted by atomic mass is 16.5. The van der Waals surface area contributed by atoms with Crippen LogP contribution in [0.25, 0.3) is 0 Å². The number of hydrogen-bond donors (Lipinski definition) is 2. The number of nitrogens with one attached hydrogen (secondary N) is 2. The molecule has 0 aromatic rings.